The largest absolute Gasteiger partial charge is 0.299 e. The summed E-state index contributed by atoms with van der Waals surface area (Å²) in [7, 11) is 0. The molecule has 0 radical (unpaired) electrons. The molecule has 1 aliphatic heterocycles. The zero-order valence-corrected chi connectivity index (χ0v) is 22.1. The molecule has 3 aromatic rings. The Balaban J connectivity index is 0.000000841. The summed E-state index contributed by atoms with van der Waals surface area (Å²) in [5.74, 6) is -1.19. The monoisotopic (exact) mass is 462 g/mol. The first-order chi connectivity index (χ1) is 16.1. The summed E-state index contributed by atoms with van der Waals surface area (Å²) in [5.41, 5.74) is 3.80. The molecule has 3 aromatic carbocycles. The van der Waals surface area contributed by atoms with Gasteiger partial charge in [0, 0.05) is 21.3 Å². The molecule has 1 atom stereocenters. The third-order valence-electron chi connectivity index (χ3n) is 5.12. The van der Waals surface area contributed by atoms with E-state index in [9.17, 15) is 9.59 Å². The first-order valence-electron chi connectivity index (χ1n) is 12.0. The van der Waals surface area contributed by atoms with Crippen molar-refractivity contribution in [2.45, 2.75) is 71.1 Å². The highest BCUT2D eigenvalue weighted by molar-refractivity contribution is 7.99. The van der Waals surface area contributed by atoms with Crippen molar-refractivity contribution in [1.82, 2.24) is 0 Å². The van der Waals surface area contributed by atoms with Crippen LogP contribution in [0.4, 0.5) is 0 Å². The Bertz CT molecular complexity index is 976. The summed E-state index contributed by atoms with van der Waals surface area (Å²) in [5, 5.41) is 0. The van der Waals surface area contributed by atoms with Crippen LogP contribution in [0.2, 0.25) is 0 Å². The molecule has 4 rings (SSSR count). The van der Waals surface area contributed by atoms with Crippen LogP contribution in [0, 0.1) is 12.8 Å². The van der Waals surface area contributed by atoms with Crippen LogP contribution < -0.4 is 0 Å². The minimum Gasteiger partial charge on any atom is -0.299 e. The molecule has 1 unspecified atom stereocenters. The molecule has 0 amide bonds. The van der Waals surface area contributed by atoms with Crippen LogP contribution in [-0.4, -0.2) is 11.6 Å². The van der Waals surface area contributed by atoms with Crippen LogP contribution in [-0.2, 0) is 4.79 Å². The Morgan fingerprint density at radius 1 is 0.697 bits per heavy atom. The van der Waals surface area contributed by atoms with Crippen LogP contribution in [0.25, 0.3) is 0 Å². The van der Waals surface area contributed by atoms with Gasteiger partial charge in [-0.05, 0) is 37.1 Å². The average Bonchev–Trinajstić information content (AvgIpc) is 2.87. The lowest BCUT2D eigenvalue weighted by Gasteiger charge is -2.32. The van der Waals surface area contributed by atoms with Crippen molar-refractivity contribution < 1.29 is 9.59 Å². The molecule has 2 nitrogen and oxygen atoms in total. The molecule has 0 spiro atoms. The fourth-order valence-electron chi connectivity index (χ4n) is 3.77. The van der Waals surface area contributed by atoms with Gasteiger partial charge in [0.15, 0.2) is 5.78 Å². The molecule has 0 N–H and O–H groups in total. The molecule has 176 valence electrons. The van der Waals surface area contributed by atoms with Gasteiger partial charge in [0.2, 0.25) is 0 Å². The van der Waals surface area contributed by atoms with Crippen molar-refractivity contribution in [2.24, 2.45) is 5.92 Å². The highest BCUT2D eigenvalue weighted by Gasteiger charge is 2.39. The van der Waals surface area contributed by atoms with Crippen molar-refractivity contribution in [3.8, 4) is 0 Å². The maximum atomic E-state index is 13.4. The fraction of sp³-hybridized carbons (Fsp3) is 0.333. The van der Waals surface area contributed by atoms with Gasteiger partial charge in [0.05, 0.1) is 5.92 Å². The van der Waals surface area contributed by atoms with Gasteiger partial charge in [-0.25, -0.2) is 0 Å². The van der Waals surface area contributed by atoms with Crippen molar-refractivity contribution in [3.05, 3.63) is 95.1 Å². The number of Topliss-reactive ketones (excluding diaryl/α,β-unsaturated/α-hetero) is 2. The van der Waals surface area contributed by atoms with E-state index in [4.69, 9.17) is 0 Å². The molecule has 0 saturated heterocycles. The Hall–Kier alpha value is -2.65. The van der Waals surface area contributed by atoms with Gasteiger partial charge in [0.1, 0.15) is 5.78 Å². The quantitative estimate of drug-likeness (QED) is 0.287. The highest BCUT2D eigenvalue weighted by atomic mass is 32.2. The van der Waals surface area contributed by atoms with Gasteiger partial charge in [-0.2, -0.15) is 0 Å². The van der Waals surface area contributed by atoms with Gasteiger partial charge >= 0.3 is 0 Å². The van der Waals surface area contributed by atoms with E-state index in [2.05, 4.69) is 12.1 Å². The molecule has 0 bridgehead atoms. The van der Waals surface area contributed by atoms with Crippen LogP contribution in [0.1, 0.15) is 81.4 Å². The number of fused-ring (bicyclic) bond motifs is 2. The van der Waals surface area contributed by atoms with Gasteiger partial charge in [-0.3, -0.25) is 9.59 Å². The lowest BCUT2D eigenvalue weighted by Crippen LogP contribution is -2.31. The van der Waals surface area contributed by atoms with Crippen LogP contribution in [0.15, 0.2) is 82.6 Å². The lowest BCUT2D eigenvalue weighted by molar-refractivity contribution is -0.119. The zero-order valence-electron chi connectivity index (χ0n) is 21.3. The topological polar surface area (TPSA) is 34.1 Å². The van der Waals surface area contributed by atoms with Crippen molar-refractivity contribution in [1.29, 1.82) is 0 Å². The molecule has 0 fully saturated rings. The smallest absolute Gasteiger partial charge is 0.174 e. The van der Waals surface area contributed by atoms with E-state index >= 15 is 0 Å². The van der Waals surface area contributed by atoms with Gasteiger partial charge in [0.25, 0.3) is 0 Å². The Labute approximate surface area is 204 Å². The van der Waals surface area contributed by atoms with Crippen LogP contribution in [0.5, 0.6) is 0 Å². The average molecular weight is 463 g/mol. The number of hydrogen-bond donors (Lipinski definition) is 0. The third kappa shape index (κ3) is 6.68. The molecule has 1 aliphatic rings. The Morgan fingerprint density at radius 2 is 1.12 bits per heavy atom. The van der Waals surface area contributed by atoms with E-state index < -0.39 is 5.92 Å². The molecule has 33 heavy (non-hydrogen) atoms. The van der Waals surface area contributed by atoms with E-state index in [1.165, 1.54) is 6.92 Å². The number of benzene rings is 3. The number of carbonyl (C=O) groups excluding carboxylic acids is 2. The maximum absolute atomic E-state index is 13.4. The summed E-state index contributed by atoms with van der Waals surface area (Å²) in [4.78, 5) is 28.3. The second kappa shape index (κ2) is 14.5. The van der Waals surface area contributed by atoms with E-state index in [-0.39, 0.29) is 17.5 Å². The van der Waals surface area contributed by atoms with E-state index in [1.54, 1.807) is 11.8 Å². The molecule has 3 heteroatoms. The summed E-state index contributed by atoms with van der Waals surface area (Å²) in [6.45, 7) is 15.5. The molecule has 0 aromatic heterocycles. The summed E-state index contributed by atoms with van der Waals surface area (Å²) in [6.07, 6.45) is 0. The predicted molar refractivity (Wildman–Crippen MR) is 143 cm³/mol. The van der Waals surface area contributed by atoms with Gasteiger partial charge < -0.3 is 0 Å². The molecule has 0 aliphatic carbocycles. The molecule has 1 heterocycles. The maximum Gasteiger partial charge on any atom is 0.174 e. The molecular formula is C30H38O2S. The summed E-state index contributed by atoms with van der Waals surface area (Å²) >= 11 is 1.70. The second-order valence-electron chi connectivity index (χ2n) is 6.97. The van der Waals surface area contributed by atoms with Crippen LogP contribution in [0.3, 0.4) is 0 Å². The number of hydrogen-bond acceptors (Lipinski definition) is 3. The van der Waals surface area contributed by atoms with E-state index in [0.29, 0.717) is 5.56 Å². The van der Waals surface area contributed by atoms with Crippen molar-refractivity contribution >= 4 is 23.3 Å². The summed E-state index contributed by atoms with van der Waals surface area (Å²) < 4.78 is 0. The number of carbonyl (C=O) groups is 2. The van der Waals surface area contributed by atoms with Crippen LogP contribution >= 0.6 is 11.8 Å². The lowest BCUT2D eigenvalue weighted by atomic mass is 9.75. The third-order valence-corrected chi connectivity index (χ3v) is 6.30. The minimum absolute atomic E-state index is 0.0953. The zero-order chi connectivity index (χ0) is 25.0. The van der Waals surface area contributed by atoms with Gasteiger partial charge in [-0.1, -0.05) is 120 Å². The fourth-order valence-corrected chi connectivity index (χ4v) is 4.93. The Morgan fingerprint density at radius 3 is 1.55 bits per heavy atom. The first-order valence-corrected chi connectivity index (χ1v) is 12.8. The SMILES string of the molecule is CC.CC.CC.CC(=O)C(C(=O)c1ccc(C)cc1)C1c2ccccc2Sc2ccccc21. The molecular weight excluding hydrogens is 424 g/mol. The predicted octanol–water partition coefficient (Wildman–Crippen LogP) is 8.76. The number of aryl methyl sites for hydroxylation is 1. The van der Waals surface area contributed by atoms with E-state index in [1.807, 2.05) is 109 Å². The number of rotatable bonds is 4. The summed E-state index contributed by atoms with van der Waals surface area (Å²) in [6, 6.07) is 23.7. The highest BCUT2D eigenvalue weighted by Crippen LogP contribution is 2.49. The van der Waals surface area contributed by atoms with Gasteiger partial charge in [-0.15, -0.1) is 0 Å². The molecule has 0 saturated carbocycles. The number of ketones is 2. The van der Waals surface area contributed by atoms with E-state index in [0.717, 1.165) is 26.5 Å². The standard InChI is InChI=1S/C24H20O2S.3C2H6/c1-15-11-13-17(14-12-15)24(26)22(16(2)25)23-18-7-3-5-9-20(18)27-21-10-6-4-8-19(21)23;3*1-2/h3-14,22-23H,1-2H3;3*1-2H3. The van der Waals surface area contributed by atoms with Crippen molar-refractivity contribution in [2.75, 3.05) is 0 Å². The minimum atomic E-state index is -0.726. The first kappa shape index (κ1) is 28.4. The Kier molecular flexibility index (Phi) is 12.5. The van der Waals surface area contributed by atoms with Crippen molar-refractivity contribution in [3.63, 3.8) is 0 Å². The normalized spacial score (nSPS) is 12.1. The second-order valence-corrected chi connectivity index (χ2v) is 8.06.